The second kappa shape index (κ2) is 3.96. The third-order valence-electron chi connectivity index (χ3n) is 2.10. The summed E-state index contributed by atoms with van der Waals surface area (Å²) in [5.41, 5.74) is 1.96. The van der Waals surface area contributed by atoms with Crippen molar-refractivity contribution < 1.29 is 9.53 Å². The zero-order chi connectivity index (χ0) is 11.7. The van der Waals surface area contributed by atoms with Crippen molar-refractivity contribution in [3.05, 3.63) is 23.7 Å². The molecule has 0 N–H and O–H groups in total. The predicted molar refractivity (Wildman–Crippen MR) is 59.1 cm³/mol. The molecule has 0 atom stereocenters. The summed E-state index contributed by atoms with van der Waals surface area (Å²) in [7, 11) is 5.77. The van der Waals surface area contributed by atoms with E-state index in [1.807, 2.05) is 0 Å². The number of aryl methyl sites for hydroxylation is 1. The van der Waals surface area contributed by atoms with Crippen LogP contribution in [0, 0.1) is 6.92 Å². The summed E-state index contributed by atoms with van der Waals surface area (Å²) in [4.78, 5) is 15.6. The largest absolute Gasteiger partial charge is 0.461 e. The Labute approximate surface area is 93.8 Å². The van der Waals surface area contributed by atoms with Gasteiger partial charge in [0.25, 0.3) is 0 Å². The van der Waals surface area contributed by atoms with E-state index in [-0.39, 0.29) is 5.69 Å². The summed E-state index contributed by atoms with van der Waals surface area (Å²) in [5.74, 6) is -0.451. The van der Waals surface area contributed by atoms with Crippen LogP contribution in [-0.4, -0.2) is 35.0 Å². The molecule has 2 rings (SSSR count). The Bertz CT molecular complexity index is 550. The van der Waals surface area contributed by atoms with Gasteiger partial charge in [0.2, 0.25) is 0 Å². The van der Waals surface area contributed by atoms with Gasteiger partial charge in [-0.05, 0) is 19.9 Å². The van der Waals surface area contributed by atoms with E-state index in [1.165, 1.54) is 10.7 Å². The van der Waals surface area contributed by atoms with Crippen molar-refractivity contribution in [2.45, 2.75) is 13.8 Å². The van der Waals surface area contributed by atoms with Crippen LogP contribution in [0.15, 0.2) is 12.3 Å². The van der Waals surface area contributed by atoms with Crippen LogP contribution in [0.1, 0.15) is 23.1 Å². The van der Waals surface area contributed by atoms with Gasteiger partial charge >= 0.3 is 5.97 Å². The number of hydrogen-bond donors (Lipinski definition) is 0. The van der Waals surface area contributed by atoms with Crippen LogP contribution in [0.3, 0.4) is 0 Å². The number of hydrogen-bond acceptors (Lipinski definition) is 4. The molecule has 0 fully saturated rings. The van der Waals surface area contributed by atoms with Crippen molar-refractivity contribution in [2.24, 2.45) is 0 Å². The molecule has 0 bridgehead atoms. The van der Waals surface area contributed by atoms with E-state index in [0.29, 0.717) is 23.4 Å². The molecule has 0 aliphatic carbocycles. The van der Waals surface area contributed by atoms with Crippen molar-refractivity contribution in [1.82, 2.24) is 14.6 Å². The smallest absolute Gasteiger partial charge is 0.358 e. The maximum atomic E-state index is 11.6. The highest BCUT2D eigenvalue weighted by Crippen LogP contribution is 2.05. The van der Waals surface area contributed by atoms with Crippen molar-refractivity contribution >= 4 is 24.9 Å². The minimum atomic E-state index is -0.451. The zero-order valence-electron chi connectivity index (χ0n) is 9.10. The second-order valence-electron chi connectivity index (χ2n) is 3.34. The lowest BCUT2D eigenvalue weighted by Gasteiger charge is -2.03. The average Bonchev–Trinajstić information content (AvgIpc) is 2.61. The highest BCUT2D eigenvalue weighted by atomic mass is 16.5. The Balaban J connectivity index is 2.60. The van der Waals surface area contributed by atoms with Crippen LogP contribution >= 0.6 is 0 Å². The van der Waals surface area contributed by atoms with E-state index < -0.39 is 5.97 Å². The van der Waals surface area contributed by atoms with Crippen LogP contribution in [0.2, 0.25) is 0 Å². The fourth-order valence-electron chi connectivity index (χ4n) is 1.46. The molecule has 0 unspecified atom stereocenters. The van der Waals surface area contributed by atoms with E-state index in [1.54, 1.807) is 19.9 Å². The lowest BCUT2D eigenvalue weighted by atomic mass is 9.98. The molecule has 2 aromatic rings. The Morgan fingerprint density at radius 3 is 3.06 bits per heavy atom. The maximum absolute atomic E-state index is 11.6. The summed E-state index contributed by atoms with van der Waals surface area (Å²) >= 11 is 0. The van der Waals surface area contributed by atoms with Gasteiger partial charge in [-0.25, -0.2) is 14.3 Å². The number of aromatic nitrogens is 3. The number of fused-ring (bicyclic) bond motifs is 1. The minimum Gasteiger partial charge on any atom is -0.461 e. The number of esters is 1. The SMILES string of the molecule is [B]c1cc(C)nn2c(C(=O)OCC)cnc12. The topological polar surface area (TPSA) is 56.5 Å². The summed E-state index contributed by atoms with van der Waals surface area (Å²) in [6.07, 6.45) is 1.41. The van der Waals surface area contributed by atoms with Crippen LogP contribution in [-0.2, 0) is 4.74 Å². The first-order chi connectivity index (χ1) is 7.63. The lowest BCUT2D eigenvalue weighted by Crippen LogP contribution is -2.15. The van der Waals surface area contributed by atoms with Gasteiger partial charge in [0, 0.05) is 0 Å². The van der Waals surface area contributed by atoms with Crippen LogP contribution < -0.4 is 5.46 Å². The van der Waals surface area contributed by atoms with Gasteiger partial charge in [0.15, 0.2) is 5.69 Å². The zero-order valence-corrected chi connectivity index (χ0v) is 9.10. The van der Waals surface area contributed by atoms with E-state index in [9.17, 15) is 4.79 Å². The van der Waals surface area contributed by atoms with E-state index in [4.69, 9.17) is 12.6 Å². The summed E-state index contributed by atoms with van der Waals surface area (Å²) in [6.45, 7) is 3.85. The summed E-state index contributed by atoms with van der Waals surface area (Å²) in [6, 6.07) is 1.71. The standard InChI is InChI=1S/C10H10BN3O2/c1-3-16-10(15)8-5-12-9-7(11)4-6(2)13-14(8)9/h4-5H,3H2,1-2H3. The summed E-state index contributed by atoms with van der Waals surface area (Å²) in [5, 5.41) is 4.17. The van der Waals surface area contributed by atoms with Gasteiger partial charge in [-0.1, -0.05) is 5.46 Å². The van der Waals surface area contributed by atoms with E-state index >= 15 is 0 Å². The molecule has 16 heavy (non-hydrogen) atoms. The van der Waals surface area contributed by atoms with Gasteiger partial charge in [0.1, 0.15) is 13.5 Å². The molecule has 0 amide bonds. The normalized spacial score (nSPS) is 10.6. The molecule has 0 aliphatic rings. The number of rotatable bonds is 2. The van der Waals surface area contributed by atoms with Gasteiger partial charge in [-0.2, -0.15) is 5.10 Å². The molecular formula is C10H10BN3O2. The summed E-state index contributed by atoms with van der Waals surface area (Å²) < 4.78 is 6.30. The highest BCUT2D eigenvalue weighted by molar-refractivity contribution is 6.36. The first-order valence-electron chi connectivity index (χ1n) is 4.91. The Morgan fingerprint density at radius 1 is 1.62 bits per heavy atom. The highest BCUT2D eigenvalue weighted by Gasteiger charge is 2.15. The van der Waals surface area contributed by atoms with Crippen molar-refractivity contribution in [3.8, 4) is 0 Å². The fourth-order valence-corrected chi connectivity index (χ4v) is 1.46. The quantitative estimate of drug-likeness (QED) is 0.523. The molecular weight excluding hydrogens is 205 g/mol. The van der Waals surface area contributed by atoms with Crippen molar-refractivity contribution in [1.29, 1.82) is 0 Å². The Morgan fingerprint density at radius 2 is 2.38 bits per heavy atom. The van der Waals surface area contributed by atoms with Crippen molar-refractivity contribution in [3.63, 3.8) is 0 Å². The number of nitrogens with zero attached hydrogens (tertiary/aromatic N) is 3. The molecule has 0 saturated heterocycles. The third-order valence-corrected chi connectivity index (χ3v) is 2.10. The monoisotopic (exact) mass is 215 g/mol. The van der Waals surface area contributed by atoms with Gasteiger partial charge < -0.3 is 4.74 Å². The lowest BCUT2D eigenvalue weighted by molar-refractivity contribution is 0.0516. The number of ether oxygens (including phenoxy) is 1. The predicted octanol–water partition coefficient (Wildman–Crippen LogP) is 0.00822. The molecule has 0 saturated carbocycles. The fraction of sp³-hybridized carbons (Fsp3) is 0.300. The first kappa shape index (κ1) is 10.7. The van der Waals surface area contributed by atoms with Crippen LogP contribution in [0.25, 0.3) is 5.65 Å². The van der Waals surface area contributed by atoms with Gasteiger partial charge in [0.05, 0.1) is 18.5 Å². The van der Waals surface area contributed by atoms with E-state index in [2.05, 4.69) is 10.1 Å². The van der Waals surface area contributed by atoms with Crippen LogP contribution in [0.4, 0.5) is 0 Å². The second-order valence-corrected chi connectivity index (χ2v) is 3.34. The molecule has 5 nitrogen and oxygen atoms in total. The molecule has 80 valence electrons. The molecule has 2 radical (unpaired) electrons. The Hall–Kier alpha value is -1.85. The maximum Gasteiger partial charge on any atom is 0.358 e. The van der Waals surface area contributed by atoms with Gasteiger partial charge in [-0.3, -0.25) is 0 Å². The molecule has 0 aromatic carbocycles. The molecule has 0 aliphatic heterocycles. The van der Waals surface area contributed by atoms with Gasteiger partial charge in [-0.15, -0.1) is 0 Å². The Kier molecular flexibility index (Phi) is 2.64. The first-order valence-corrected chi connectivity index (χ1v) is 4.91. The molecule has 0 spiro atoms. The minimum absolute atomic E-state index is 0.284. The molecule has 2 heterocycles. The third kappa shape index (κ3) is 1.66. The molecule has 6 heteroatoms. The number of carbonyl (C=O) groups is 1. The average molecular weight is 215 g/mol. The molecule has 2 aromatic heterocycles. The van der Waals surface area contributed by atoms with E-state index in [0.717, 1.165) is 0 Å². The number of carbonyl (C=O) groups excluding carboxylic acids is 1. The number of imidazole rings is 1. The van der Waals surface area contributed by atoms with Crippen LogP contribution in [0.5, 0.6) is 0 Å². The van der Waals surface area contributed by atoms with Crippen molar-refractivity contribution in [2.75, 3.05) is 6.61 Å².